The van der Waals surface area contributed by atoms with Crippen molar-refractivity contribution in [2.45, 2.75) is 19.9 Å². The van der Waals surface area contributed by atoms with Crippen molar-refractivity contribution in [3.8, 4) is 0 Å². The lowest BCUT2D eigenvalue weighted by Gasteiger charge is -2.35. The second-order valence-electron chi connectivity index (χ2n) is 6.91. The number of nitrogens with one attached hydrogen (secondary N) is 1. The summed E-state index contributed by atoms with van der Waals surface area (Å²) in [5.41, 5.74) is 1.89. The first kappa shape index (κ1) is 17.4. The van der Waals surface area contributed by atoms with Gasteiger partial charge in [0, 0.05) is 0 Å². The smallest absolute Gasteiger partial charge is 0.262 e. The van der Waals surface area contributed by atoms with Crippen molar-refractivity contribution in [2.75, 3.05) is 32.7 Å². The third-order valence-corrected chi connectivity index (χ3v) is 4.90. The van der Waals surface area contributed by atoms with Crippen LogP contribution >= 0.6 is 0 Å². The second-order valence-corrected chi connectivity index (χ2v) is 6.91. The number of carbonyl (C=O) groups is 3. The summed E-state index contributed by atoms with van der Waals surface area (Å²) in [6, 6.07) is 5.93. The largest absolute Gasteiger partial charge is 0.330 e. The Morgan fingerprint density at radius 2 is 1.68 bits per heavy atom. The number of piperazine rings is 1. The molecule has 2 aliphatic rings. The molecule has 3 amide bonds. The quantitative estimate of drug-likeness (QED) is 0.618. The van der Waals surface area contributed by atoms with Crippen molar-refractivity contribution in [1.29, 1.82) is 0 Å². The van der Waals surface area contributed by atoms with Crippen LogP contribution in [0.25, 0.3) is 0 Å². The van der Waals surface area contributed by atoms with Crippen LogP contribution in [0.2, 0.25) is 0 Å². The Labute approximate surface area is 147 Å². The Morgan fingerprint density at radius 1 is 1.16 bits per heavy atom. The molecule has 0 saturated carbocycles. The third kappa shape index (κ3) is 3.22. The number of quaternary nitrogens is 1. The van der Waals surface area contributed by atoms with E-state index in [-0.39, 0.29) is 17.7 Å². The van der Waals surface area contributed by atoms with Crippen LogP contribution < -0.4 is 4.90 Å². The van der Waals surface area contributed by atoms with E-state index in [0.717, 1.165) is 30.1 Å². The van der Waals surface area contributed by atoms with Crippen LogP contribution in [0.4, 0.5) is 0 Å². The molecule has 1 saturated heterocycles. The molecular formula is C19H24N3O3+. The van der Waals surface area contributed by atoms with Gasteiger partial charge in [-0.1, -0.05) is 18.7 Å². The maximum absolute atomic E-state index is 12.8. The molecule has 1 N–H and O–H groups in total. The van der Waals surface area contributed by atoms with Gasteiger partial charge in [0.2, 0.25) is 5.91 Å². The van der Waals surface area contributed by atoms with Crippen LogP contribution in [0.15, 0.2) is 36.4 Å². The lowest BCUT2D eigenvalue weighted by Crippen LogP contribution is -3.15. The predicted octanol–water partition coefficient (Wildman–Crippen LogP) is -0.0257. The molecule has 3 rings (SSSR count). The Hall–Kier alpha value is -2.47. The Balaban J connectivity index is 1.67. The summed E-state index contributed by atoms with van der Waals surface area (Å²) in [5.74, 6) is -0.926. The number of amides is 3. The lowest BCUT2D eigenvalue weighted by molar-refractivity contribution is -0.899. The standard InChI is InChI=1S/C19H23N3O3/c1-13(2)12-20-8-10-21(11-9-20)17(23)14(3)22-18(24)15-6-4-5-7-16(15)19(22)25/h4-7,14H,1,8-12H2,2-3H3/p+1/t14-/m1/s1. The summed E-state index contributed by atoms with van der Waals surface area (Å²) >= 11 is 0. The molecule has 2 heterocycles. The molecule has 1 aromatic rings. The SMILES string of the molecule is C=C(C)C[NH+]1CCN(C(=O)[C@@H](C)N2C(=O)c3ccccc3C2=O)CC1. The van der Waals surface area contributed by atoms with E-state index < -0.39 is 6.04 Å². The molecule has 25 heavy (non-hydrogen) atoms. The van der Waals surface area contributed by atoms with Crippen molar-refractivity contribution in [3.05, 3.63) is 47.5 Å². The van der Waals surface area contributed by atoms with Gasteiger partial charge >= 0.3 is 0 Å². The number of hydrogen-bond donors (Lipinski definition) is 1. The van der Waals surface area contributed by atoms with Gasteiger partial charge in [-0.3, -0.25) is 19.3 Å². The van der Waals surface area contributed by atoms with Crippen LogP contribution in [-0.4, -0.2) is 66.3 Å². The number of rotatable bonds is 4. The molecular weight excluding hydrogens is 318 g/mol. The number of imide groups is 1. The molecule has 0 aliphatic carbocycles. The molecule has 0 bridgehead atoms. The number of hydrogen-bond acceptors (Lipinski definition) is 3. The van der Waals surface area contributed by atoms with E-state index in [2.05, 4.69) is 6.58 Å². The van der Waals surface area contributed by atoms with Gasteiger partial charge in [0.1, 0.15) is 6.04 Å². The summed E-state index contributed by atoms with van der Waals surface area (Å²) < 4.78 is 0. The van der Waals surface area contributed by atoms with Crippen molar-refractivity contribution in [1.82, 2.24) is 9.80 Å². The van der Waals surface area contributed by atoms with Gasteiger partial charge in [-0.05, 0) is 31.6 Å². The van der Waals surface area contributed by atoms with Crippen molar-refractivity contribution >= 4 is 17.7 Å². The summed E-state index contributed by atoms with van der Waals surface area (Å²) in [5, 5.41) is 0. The van der Waals surface area contributed by atoms with Gasteiger partial charge < -0.3 is 9.80 Å². The zero-order chi connectivity index (χ0) is 18.1. The first-order chi connectivity index (χ1) is 11.9. The van der Waals surface area contributed by atoms with E-state index in [1.807, 2.05) is 6.92 Å². The maximum atomic E-state index is 12.8. The topological polar surface area (TPSA) is 62.1 Å². The first-order valence-corrected chi connectivity index (χ1v) is 8.63. The van der Waals surface area contributed by atoms with E-state index >= 15 is 0 Å². The average Bonchev–Trinajstić information content (AvgIpc) is 2.85. The van der Waals surface area contributed by atoms with Gasteiger partial charge in [-0.25, -0.2) is 0 Å². The summed E-state index contributed by atoms with van der Waals surface area (Å²) in [6.45, 7) is 11.5. The van der Waals surface area contributed by atoms with Gasteiger partial charge in [0.15, 0.2) is 0 Å². The highest BCUT2D eigenvalue weighted by Crippen LogP contribution is 2.25. The fourth-order valence-corrected chi connectivity index (χ4v) is 3.58. The van der Waals surface area contributed by atoms with E-state index in [0.29, 0.717) is 24.2 Å². The van der Waals surface area contributed by atoms with Crippen LogP contribution in [0.1, 0.15) is 34.6 Å². The fourth-order valence-electron chi connectivity index (χ4n) is 3.58. The Bertz CT molecular complexity index is 700. The minimum atomic E-state index is -0.782. The second kappa shape index (κ2) is 6.80. The highest BCUT2D eigenvalue weighted by Gasteiger charge is 2.42. The first-order valence-electron chi connectivity index (χ1n) is 8.63. The van der Waals surface area contributed by atoms with Crippen LogP contribution in [0.3, 0.4) is 0 Å². The number of fused-ring (bicyclic) bond motifs is 1. The number of carbonyl (C=O) groups excluding carboxylic acids is 3. The predicted molar refractivity (Wildman–Crippen MR) is 93.4 cm³/mol. The minimum Gasteiger partial charge on any atom is -0.330 e. The summed E-state index contributed by atoms with van der Waals surface area (Å²) in [6.07, 6.45) is 0. The van der Waals surface area contributed by atoms with Gasteiger partial charge in [-0.15, -0.1) is 0 Å². The average molecular weight is 342 g/mol. The Kier molecular flexibility index (Phi) is 4.72. The molecule has 0 aromatic heterocycles. The fraction of sp³-hybridized carbons (Fsp3) is 0.421. The van der Waals surface area contributed by atoms with E-state index in [1.165, 1.54) is 4.90 Å². The maximum Gasteiger partial charge on any atom is 0.262 e. The molecule has 0 spiro atoms. The van der Waals surface area contributed by atoms with E-state index in [4.69, 9.17) is 0 Å². The Morgan fingerprint density at radius 3 is 2.16 bits per heavy atom. The molecule has 1 fully saturated rings. The molecule has 132 valence electrons. The summed E-state index contributed by atoms with van der Waals surface area (Å²) in [4.78, 5) is 42.1. The van der Waals surface area contributed by atoms with Gasteiger partial charge in [0.05, 0.1) is 43.9 Å². The molecule has 2 aliphatic heterocycles. The molecule has 1 atom stereocenters. The molecule has 6 nitrogen and oxygen atoms in total. The van der Waals surface area contributed by atoms with E-state index in [1.54, 1.807) is 36.1 Å². The monoisotopic (exact) mass is 342 g/mol. The number of benzene rings is 1. The highest BCUT2D eigenvalue weighted by molar-refractivity contribution is 6.22. The van der Waals surface area contributed by atoms with E-state index in [9.17, 15) is 14.4 Å². The summed E-state index contributed by atoms with van der Waals surface area (Å²) in [7, 11) is 0. The normalized spacial score (nSPS) is 19.1. The zero-order valence-electron chi connectivity index (χ0n) is 14.7. The van der Waals surface area contributed by atoms with Crippen molar-refractivity contribution in [2.24, 2.45) is 0 Å². The number of nitrogens with zero attached hydrogens (tertiary/aromatic N) is 2. The molecule has 1 aromatic carbocycles. The third-order valence-electron chi connectivity index (χ3n) is 4.90. The molecule has 0 radical (unpaired) electrons. The van der Waals surface area contributed by atoms with Gasteiger partial charge in [-0.2, -0.15) is 0 Å². The van der Waals surface area contributed by atoms with Crippen LogP contribution in [0.5, 0.6) is 0 Å². The molecule has 6 heteroatoms. The molecule has 0 unspecified atom stereocenters. The van der Waals surface area contributed by atoms with Gasteiger partial charge in [0.25, 0.3) is 11.8 Å². The highest BCUT2D eigenvalue weighted by atomic mass is 16.2. The lowest BCUT2D eigenvalue weighted by atomic mass is 10.1. The zero-order valence-corrected chi connectivity index (χ0v) is 14.7. The minimum absolute atomic E-state index is 0.163. The van der Waals surface area contributed by atoms with Crippen molar-refractivity contribution in [3.63, 3.8) is 0 Å². The van der Waals surface area contributed by atoms with Crippen LogP contribution in [-0.2, 0) is 4.79 Å². The van der Waals surface area contributed by atoms with Crippen molar-refractivity contribution < 1.29 is 19.3 Å². The van der Waals surface area contributed by atoms with Crippen LogP contribution in [0, 0.1) is 0 Å².